The fourth-order valence-corrected chi connectivity index (χ4v) is 4.99. The maximum Gasteiger partial charge on any atom is 0.311 e. The lowest BCUT2D eigenvalue weighted by atomic mass is 10.0. The molecule has 2 aromatic heterocycles. The number of rotatable bonds is 11. The van der Waals surface area contributed by atoms with Crippen LogP contribution in [0, 0.1) is 11.8 Å². The summed E-state index contributed by atoms with van der Waals surface area (Å²) in [4.78, 5) is 56.4. The first kappa shape index (κ1) is 26.7. The van der Waals surface area contributed by atoms with Gasteiger partial charge in [0.05, 0.1) is 30.3 Å². The molecule has 0 atom stereocenters. The van der Waals surface area contributed by atoms with Crippen LogP contribution in [0.1, 0.15) is 35.3 Å². The molecule has 0 radical (unpaired) electrons. The average Bonchev–Trinajstić information content (AvgIpc) is 3.53. The molecule has 10 nitrogen and oxygen atoms in total. The largest absolute Gasteiger partial charge is 0.496 e. The molecule has 2 amide bonds. The molecule has 2 heterocycles. The number of likely N-dealkylation sites (N-methyl/N-ethyl adjacent to an activating group) is 1. The number of benzene rings is 1. The summed E-state index contributed by atoms with van der Waals surface area (Å²) in [5.41, 5.74) is 0.362. The number of ether oxygens (including phenoxy) is 1. The quantitative estimate of drug-likeness (QED) is 0.278. The summed E-state index contributed by atoms with van der Waals surface area (Å²) in [7, 11) is 3.03. The first-order chi connectivity index (χ1) is 17.2. The number of thiophene rings is 1. The molecule has 1 aromatic carbocycles. The highest BCUT2D eigenvalue weighted by atomic mass is 32.1. The maximum absolute atomic E-state index is 13.8. The molecule has 11 heteroatoms. The Hall–Kier alpha value is -3.86. The molecule has 36 heavy (non-hydrogen) atoms. The van der Waals surface area contributed by atoms with Crippen molar-refractivity contribution < 1.29 is 23.5 Å². The van der Waals surface area contributed by atoms with Gasteiger partial charge in [-0.3, -0.25) is 9.59 Å². The number of aromatic nitrogens is 1. The predicted octanol–water partition coefficient (Wildman–Crippen LogP) is 4.11. The standard InChI is InChI=1S/C25H28N4O6S/c1-16-19(22(31)28(4)25(2,3)24(32)27-33)23(36-20(16)21-26-11-15-35-21)29(13-14-30)12-10-17-8-6-7-9-18(17)34-5/h6-9,11,14-15H,10,12-13H2,1-5H3. The van der Waals surface area contributed by atoms with Gasteiger partial charge in [0.25, 0.3) is 5.91 Å². The molecule has 190 valence electrons. The Labute approximate surface area is 212 Å². The van der Waals surface area contributed by atoms with Gasteiger partial charge in [0.1, 0.15) is 28.8 Å². The average molecular weight is 513 g/mol. The third-order valence-electron chi connectivity index (χ3n) is 6.14. The van der Waals surface area contributed by atoms with Crippen LogP contribution < -0.4 is 9.64 Å². The van der Waals surface area contributed by atoms with Crippen molar-refractivity contribution in [2.24, 2.45) is 5.18 Å². The molecule has 0 aliphatic carbocycles. The number of amides is 2. The molecular weight excluding hydrogens is 484 g/mol. The van der Waals surface area contributed by atoms with E-state index in [1.54, 1.807) is 18.9 Å². The number of nitrogens with zero attached hydrogens (tertiary/aromatic N) is 4. The summed E-state index contributed by atoms with van der Waals surface area (Å²) in [6.45, 7) is 5.10. The monoisotopic (exact) mass is 512 g/mol. The van der Waals surface area contributed by atoms with Gasteiger partial charge in [-0.2, -0.15) is 0 Å². The van der Waals surface area contributed by atoms with E-state index in [-0.39, 0.29) is 6.54 Å². The van der Waals surface area contributed by atoms with Crippen molar-refractivity contribution in [2.75, 3.05) is 32.1 Å². The summed E-state index contributed by atoms with van der Waals surface area (Å²) >= 11 is 1.27. The smallest absolute Gasteiger partial charge is 0.311 e. The minimum Gasteiger partial charge on any atom is -0.496 e. The van der Waals surface area contributed by atoms with Crippen LogP contribution >= 0.6 is 11.3 Å². The number of aldehydes is 1. The van der Waals surface area contributed by atoms with E-state index in [1.165, 1.54) is 49.6 Å². The number of nitroso groups, excluding NO2 is 1. The Morgan fingerprint density at radius 1 is 1.28 bits per heavy atom. The Morgan fingerprint density at radius 3 is 2.61 bits per heavy atom. The second-order valence-electron chi connectivity index (χ2n) is 8.57. The molecule has 0 spiro atoms. The van der Waals surface area contributed by atoms with E-state index < -0.39 is 17.4 Å². The van der Waals surface area contributed by atoms with Gasteiger partial charge in [-0.05, 0) is 44.4 Å². The van der Waals surface area contributed by atoms with Gasteiger partial charge in [-0.25, -0.2) is 4.98 Å². The number of carbonyl (C=O) groups excluding carboxylic acids is 3. The zero-order chi connectivity index (χ0) is 26.5. The summed E-state index contributed by atoms with van der Waals surface area (Å²) in [5, 5.41) is 3.05. The number of hydrogen-bond acceptors (Lipinski definition) is 9. The highest BCUT2D eigenvalue weighted by Crippen LogP contribution is 2.42. The molecule has 0 fully saturated rings. The van der Waals surface area contributed by atoms with Crippen molar-refractivity contribution in [1.82, 2.24) is 9.88 Å². The number of para-hydroxylation sites is 1. The van der Waals surface area contributed by atoms with E-state index in [0.717, 1.165) is 17.6 Å². The van der Waals surface area contributed by atoms with Crippen LogP contribution in [-0.4, -0.2) is 60.8 Å². The third-order valence-corrected chi connectivity index (χ3v) is 7.48. The number of hydrogen-bond donors (Lipinski definition) is 0. The molecule has 0 saturated heterocycles. The molecule has 0 unspecified atom stereocenters. The second kappa shape index (κ2) is 11.3. The fraction of sp³-hybridized carbons (Fsp3) is 0.360. The Kier molecular flexibility index (Phi) is 8.36. The van der Waals surface area contributed by atoms with Gasteiger partial charge >= 0.3 is 5.91 Å². The molecular formula is C25H28N4O6S. The third kappa shape index (κ3) is 5.20. The highest BCUT2D eigenvalue weighted by Gasteiger charge is 2.39. The molecule has 0 N–H and O–H groups in total. The van der Waals surface area contributed by atoms with E-state index in [9.17, 15) is 19.3 Å². The van der Waals surface area contributed by atoms with Gasteiger partial charge < -0.3 is 23.7 Å². The van der Waals surface area contributed by atoms with Crippen LogP contribution in [0.4, 0.5) is 5.00 Å². The van der Waals surface area contributed by atoms with Crippen molar-refractivity contribution in [1.29, 1.82) is 0 Å². The van der Waals surface area contributed by atoms with Crippen LogP contribution in [0.2, 0.25) is 0 Å². The van der Waals surface area contributed by atoms with E-state index in [1.807, 2.05) is 24.3 Å². The molecule has 0 saturated carbocycles. The second-order valence-corrected chi connectivity index (χ2v) is 9.57. The van der Waals surface area contributed by atoms with E-state index in [2.05, 4.69) is 10.2 Å². The predicted molar refractivity (Wildman–Crippen MR) is 137 cm³/mol. The molecule has 3 aromatic rings. The normalized spacial score (nSPS) is 11.1. The van der Waals surface area contributed by atoms with Gasteiger partial charge in [0.2, 0.25) is 5.89 Å². The van der Waals surface area contributed by atoms with Crippen molar-refractivity contribution >= 4 is 34.4 Å². The van der Waals surface area contributed by atoms with Crippen molar-refractivity contribution in [3.05, 3.63) is 58.3 Å². The van der Waals surface area contributed by atoms with Gasteiger partial charge in [-0.15, -0.1) is 16.2 Å². The van der Waals surface area contributed by atoms with Crippen LogP contribution in [0.25, 0.3) is 10.8 Å². The summed E-state index contributed by atoms with van der Waals surface area (Å²) in [5.74, 6) is -0.404. The molecule has 0 aliphatic heterocycles. The minimum absolute atomic E-state index is 0.0301. The summed E-state index contributed by atoms with van der Waals surface area (Å²) in [6.07, 6.45) is 4.25. The lowest BCUT2D eigenvalue weighted by molar-refractivity contribution is -0.126. The fourth-order valence-electron chi connectivity index (χ4n) is 3.72. The Bertz CT molecular complexity index is 1250. The lowest BCUT2D eigenvalue weighted by Gasteiger charge is -2.32. The number of carbonyl (C=O) groups is 3. The van der Waals surface area contributed by atoms with Crippen LogP contribution in [0.5, 0.6) is 5.75 Å². The zero-order valence-electron chi connectivity index (χ0n) is 20.8. The first-order valence-corrected chi connectivity index (χ1v) is 12.0. The van der Waals surface area contributed by atoms with Gasteiger partial charge in [0, 0.05) is 18.8 Å². The number of oxazole rings is 1. The maximum atomic E-state index is 13.8. The van der Waals surface area contributed by atoms with Crippen molar-refractivity contribution in [3.63, 3.8) is 0 Å². The molecule has 0 bridgehead atoms. The topological polar surface area (TPSA) is 122 Å². The molecule has 3 rings (SSSR count). The highest BCUT2D eigenvalue weighted by molar-refractivity contribution is 7.20. The van der Waals surface area contributed by atoms with Gasteiger partial charge in [-0.1, -0.05) is 18.2 Å². The Balaban J connectivity index is 2.08. The van der Waals surface area contributed by atoms with Crippen LogP contribution in [0.3, 0.4) is 0 Å². The number of anilines is 1. The van der Waals surface area contributed by atoms with E-state index >= 15 is 0 Å². The molecule has 0 aliphatic rings. The first-order valence-electron chi connectivity index (χ1n) is 11.2. The zero-order valence-corrected chi connectivity index (χ0v) is 21.6. The lowest BCUT2D eigenvalue weighted by Crippen LogP contribution is -2.50. The van der Waals surface area contributed by atoms with Crippen molar-refractivity contribution in [2.45, 2.75) is 32.7 Å². The summed E-state index contributed by atoms with van der Waals surface area (Å²) in [6, 6.07) is 7.58. The van der Waals surface area contributed by atoms with Crippen LogP contribution in [-0.2, 0) is 16.0 Å². The SMILES string of the molecule is COc1ccccc1CCN(CC=O)c1sc(-c2ncco2)c(C)c1C(=O)N(C)C(C)(C)C(=O)N=O. The summed E-state index contributed by atoms with van der Waals surface area (Å²) < 4.78 is 10.9. The minimum atomic E-state index is -1.47. The Morgan fingerprint density at radius 2 is 2.00 bits per heavy atom. The van der Waals surface area contributed by atoms with E-state index in [0.29, 0.717) is 39.9 Å². The number of methoxy groups -OCH3 is 1. The van der Waals surface area contributed by atoms with E-state index in [4.69, 9.17) is 9.15 Å². The van der Waals surface area contributed by atoms with Crippen molar-refractivity contribution in [3.8, 4) is 16.5 Å². The van der Waals surface area contributed by atoms with Crippen LogP contribution in [0.15, 0.2) is 46.3 Å². The van der Waals surface area contributed by atoms with Gasteiger partial charge in [0.15, 0.2) is 0 Å².